The Bertz CT molecular complexity index is 1320. The summed E-state index contributed by atoms with van der Waals surface area (Å²) in [6.45, 7) is 0.165. The lowest BCUT2D eigenvalue weighted by atomic mass is 10.1. The Morgan fingerprint density at radius 1 is 1.06 bits per heavy atom. The zero-order valence-corrected chi connectivity index (χ0v) is 19.3. The topological polar surface area (TPSA) is 92.7 Å². The number of hydrogen-bond donors (Lipinski definition) is 2. The fourth-order valence-electron chi connectivity index (χ4n) is 3.81. The number of likely N-dealkylation sites (tertiary alicyclic amines) is 1. The SMILES string of the molecule is CO[C@@H]1C[C@H](C(=O)Nc2ccc(-n3cccc(F)c3=O)cc2F)N(C(=O)Nc2ccc(Cl)cc2)C1. The molecule has 35 heavy (non-hydrogen) atoms. The Hall–Kier alpha value is -3.76. The fraction of sp³-hybridized carbons (Fsp3) is 0.208. The van der Waals surface area contributed by atoms with Gasteiger partial charge in [0.15, 0.2) is 5.82 Å². The summed E-state index contributed by atoms with van der Waals surface area (Å²) < 4.78 is 34.6. The number of aromatic nitrogens is 1. The van der Waals surface area contributed by atoms with E-state index in [2.05, 4.69) is 10.6 Å². The fourth-order valence-corrected chi connectivity index (χ4v) is 3.94. The monoisotopic (exact) mass is 502 g/mol. The molecular formula is C24H21ClF2N4O4. The quantitative estimate of drug-likeness (QED) is 0.551. The van der Waals surface area contributed by atoms with Crippen LogP contribution >= 0.6 is 11.6 Å². The first-order chi connectivity index (χ1) is 16.8. The molecule has 2 N–H and O–H groups in total. The van der Waals surface area contributed by atoms with Gasteiger partial charge in [0, 0.05) is 43.0 Å². The molecule has 3 aromatic rings. The normalized spacial score (nSPS) is 17.3. The van der Waals surface area contributed by atoms with Crippen molar-refractivity contribution < 1.29 is 23.1 Å². The van der Waals surface area contributed by atoms with Gasteiger partial charge in [-0.1, -0.05) is 11.6 Å². The summed E-state index contributed by atoms with van der Waals surface area (Å²) in [7, 11) is 1.48. The number of halogens is 3. The Labute approximate surface area is 204 Å². The van der Waals surface area contributed by atoms with Crippen molar-refractivity contribution in [2.45, 2.75) is 18.6 Å². The molecule has 1 aromatic heterocycles. The maximum atomic E-state index is 14.8. The summed E-state index contributed by atoms with van der Waals surface area (Å²) >= 11 is 5.87. The number of hydrogen-bond acceptors (Lipinski definition) is 4. The van der Waals surface area contributed by atoms with Crippen LogP contribution in [0.15, 0.2) is 65.6 Å². The second-order valence-corrected chi connectivity index (χ2v) is 8.32. The van der Waals surface area contributed by atoms with Crippen LogP contribution < -0.4 is 16.2 Å². The van der Waals surface area contributed by atoms with E-state index in [1.807, 2.05) is 0 Å². The highest BCUT2D eigenvalue weighted by Crippen LogP contribution is 2.25. The van der Waals surface area contributed by atoms with Crippen molar-refractivity contribution in [2.75, 3.05) is 24.3 Å². The second-order valence-electron chi connectivity index (χ2n) is 7.88. The molecule has 0 aliphatic carbocycles. The van der Waals surface area contributed by atoms with E-state index in [1.54, 1.807) is 24.3 Å². The number of urea groups is 1. The molecule has 2 aromatic carbocycles. The lowest BCUT2D eigenvalue weighted by Gasteiger charge is -2.24. The second kappa shape index (κ2) is 10.2. The summed E-state index contributed by atoms with van der Waals surface area (Å²) in [5.41, 5.74) is -0.493. The molecule has 0 radical (unpaired) electrons. The standard InChI is InChI=1S/C24H21ClF2N4O4/c1-35-17-12-21(31(13-17)24(34)28-15-6-4-14(25)5-7-15)22(32)29-20-9-8-16(11-19(20)27)30-10-2-3-18(26)23(30)33/h2-11,17,21H,12-13H2,1H3,(H,28,34)(H,29,32)/t17-,21-/m1/s1. The van der Waals surface area contributed by atoms with Gasteiger partial charge < -0.3 is 20.3 Å². The molecule has 0 bridgehead atoms. The van der Waals surface area contributed by atoms with Crippen LogP contribution in [-0.4, -0.2) is 47.2 Å². The number of pyridine rings is 1. The molecule has 1 fully saturated rings. The minimum atomic E-state index is -0.976. The zero-order valence-electron chi connectivity index (χ0n) is 18.5. The number of nitrogens with zero attached hydrogens (tertiary/aromatic N) is 2. The van der Waals surface area contributed by atoms with Crippen molar-refractivity contribution in [3.63, 3.8) is 0 Å². The summed E-state index contributed by atoms with van der Waals surface area (Å²) in [6, 6.07) is 11.0. The van der Waals surface area contributed by atoms with Gasteiger partial charge in [0.1, 0.15) is 11.9 Å². The summed E-state index contributed by atoms with van der Waals surface area (Å²) in [6.07, 6.45) is 1.14. The average Bonchev–Trinajstić information content (AvgIpc) is 3.29. The highest BCUT2D eigenvalue weighted by atomic mass is 35.5. The molecule has 182 valence electrons. The summed E-state index contributed by atoms with van der Waals surface area (Å²) in [4.78, 5) is 39.2. The van der Waals surface area contributed by atoms with E-state index >= 15 is 0 Å². The van der Waals surface area contributed by atoms with Gasteiger partial charge >= 0.3 is 6.03 Å². The Morgan fingerprint density at radius 3 is 2.49 bits per heavy atom. The number of anilines is 2. The molecule has 8 nitrogen and oxygen atoms in total. The van der Waals surface area contributed by atoms with Gasteiger partial charge in [0.05, 0.1) is 17.5 Å². The highest BCUT2D eigenvalue weighted by molar-refractivity contribution is 6.30. The van der Waals surface area contributed by atoms with Crippen molar-refractivity contribution in [1.82, 2.24) is 9.47 Å². The van der Waals surface area contributed by atoms with Crippen LogP contribution in [0.2, 0.25) is 5.02 Å². The molecule has 2 atom stereocenters. The molecule has 1 aliphatic rings. The number of methoxy groups -OCH3 is 1. The number of carbonyl (C=O) groups is 2. The third-order valence-electron chi connectivity index (χ3n) is 5.64. The first-order valence-corrected chi connectivity index (χ1v) is 11.0. The first-order valence-electron chi connectivity index (χ1n) is 10.6. The number of nitrogens with one attached hydrogen (secondary N) is 2. The van der Waals surface area contributed by atoms with Crippen LogP contribution in [0, 0.1) is 11.6 Å². The van der Waals surface area contributed by atoms with Crippen LogP contribution in [-0.2, 0) is 9.53 Å². The predicted octanol–water partition coefficient (Wildman–Crippen LogP) is 4.03. The van der Waals surface area contributed by atoms with E-state index in [9.17, 15) is 23.2 Å². The van der Waals surface area contributed by atoms with Crippen molar-refractivity contribution >= 4 is 34.9 Å². The van der Waals surface area contributed by atoms with Crippen LogP contribution in [0.4, 0.5) is 25.0 Å². The molecule has 4 rings (SSSR count). The molecular weight excluding hydrogens is 482 g/mol. The van der Waals surface area contributed by atoms with Crippen LogP contribution in [0.1, 0.15) is 6.42 Å². The molecule has 0 unspecified atom stereocenters. The van der Waals surface area contributed by atoms with Crippen LogP contribution in [0.3, 0.4) is 0 Å². The van der Waals surface area contributed by atoms with Gasteiger partial charge in [-0.2, -0.15) is 0 Å². The molecule has 11 heteroatoms. The smallest absolute Gasteiger partial charge is 0.322 e. The van der Waals surface area contributed by atoms with E-state index in [0.717, 1.165) is 16.7 Å². The maximum Gasteiger partial charge on any atom is 0.322 e. The van der Waals surface area contributed by atoms with E-state index in [1.165, 1.54) is 36.4 Å². The average molecular weight is 503 g/mol. The van der Waals surface area contributed by atoms with Crippen molar-refractivity contribution in [3.8, 4) is 5.69 Å². The van der Waals surface area contributed by atoms with Crippen LogP contribution in [0.5, 0.6) is 0 Å². The van der Waals surface area contributed by atoms with E-state index in [4.69, 9.17) is 16.3 Å². The molecule has 3 amide bonds. The minimum Gasteiger partial charge on any atom is -0.380 e. The predicted molar refractivity (Wildman–Crippen MR) is 127 cm³/mol. The molecule has 1 aliphatic heterocycles. The van der Waals surface area contributed by atoms with Gasteiger partial charge in [0.2, 0.25) is 5.91 Å². The van der Waals surface area contributed by atoms with Crippen molar-refractivity contribution in [2.24, 2.45) is 0 Å². The molecule has 2 heterocycles. The third kappa shape index (κ3) is 5.33. The Morgan fingerprint density at radius 2 is 1.80 bits per heavy atom. The number of rotatable bonds is 5. The zero-order chi connectivity index (χ0) is 25.1. The van der Waals surface area contributed by atoms with Gasteiger partial charge in [-0.15, -0.1) is 0 Å². The lowest BCUT2D eigenvalue weighted by molar-refractivity contribution is -0.119. The summed E-state index contributed by atoms with van der Waals surface area (Å²) in [5.74, 6) is -2.41. The lowest BCUT2D eigenvalue weighted by Crippen LogP contribution is -2.45. The number of ether oxygens (including phenoxy) is 1. The number of benzene rings is 2. The first kappa shape index (κ1) is 24.4. The largest absolute Gasteiger partial charge is 0.380 e. The van der Waals surface area contributed by atoms with E-state index in [-0.39, 0.29) is 30.4 Å². The van der Waals surface area contributed by atoms with Gasteiger partial charge in [-0.25, -0.2) is 13.6 Å². The molecule has 1 saturated heterocycles. The summed E-state index contributed by atoms with van der Waals surface area (Å²) in [5, 5.41) is 5.70. The van der Waals surface area contributed by atoms with E-state index in [0.29, 0.717) is 10.7 Å². The van der Waals surface area contributed by atoms with Crippen LogP contribution in [0.25, 0.3) is 5.69 Å². The number of carbonyl (C=O) groups excluding carboxylic acids is 2. The third-order valence-corrected chi connectivity index (χ3v) is 5.90. The molecule has 0 saturated carbocycles. The van der Waals surface area contributed by atoms with Gasteiger partial charge in [-0.3, -0.25) is 14.2 Å². The maximum absolute atomic E-state index is 14.8. The Balaban J connectivity index is 1.51. The van der Waals surface area contributed by atoms with Crippen molar-refractivity contribution in [3.05, 3.63) is 87.8 Å². The highest BCUT2D eigenvalue weighted by Gasteiger charge is 2.40. The Kier molecular flexibility index (Phi) is 7.13. The minimum absolute atomic E-state index is 0.0919. The van der Waals surface area contributed by atoms with E-state index < -0.39 is 35.2 Å². The molecule has 0 spiro atoms. The van der Waals surface area contributed by atoms with Crippen molar-refractivity contribution in [1.29, 1.82) is 0 Å². The van der Waals surface area contributed by atoms with Gasteiger partial charge in [0.25, 0.3) is 5.56 Å². The van der Waals surface area contributed by atoms with Gasteiger partial charge in [-0.05, 0) is 48.5 Å². The number of amides is 3.